The lowest BCUT2D eigenvalue weighted by Crippen LogP contribution is -2.54. The largest absolute Gasteiger partial charge is 0.464 e. The standard InChI is InChI=1S/C25H18ClN5O4S/c1-35-24(32)23-28-30(21-9-5-6-10-22(21)31(33)34)25(36-23)16-15-20(17-11-13-18(26)14-12-17)27-29(25)19-7-3-2-4-8-19/h2-16H,1H3/t25-/m1/s1. The Morgan fingerprint density at radius 3 is 2.39 bits per heavy atom. The molecule has 0 saturated carbocycles. The van der Waals surface area contributed by atoms with E-state index in [4.69, 9.17) is 21.4 Å². The Bertz CT molecular complexity index is 1430. The van der Waals surface area contributed by atoms with Crippen LogP contribution in [0.4, 0.5) is 17.1 Å². The van der Waals surface area contributed by atoms with Crippen LogP contribution in [0.2, 0.25) is 5.02 Å². The van der Waals surface area contributed by atoms with E-state index >= 15 is 0 Å². The zero-order valence-electron chi connectivity index (χ0n) is 18.8. The average molecular weight is 520 g/mol. The van der Waals surface area contributed by atoms with Crippen molar-refractivity contribution in [1.29, 1.82) is 0 Å². The fraction of sp³-hybridized carbons (Fsp3) is 0.0800. The number of halogens is 1. The highest BCUT2D eigenvalue weighted by molar-refractivity contribution is 8.17. The molecule has 0 unspecified atom stereocenters. The number of anilines is 2. The predicted molar refractivity (Wildman–Crippen MR) is 141 cm³/mol. The number of nitro groups is 1. The van der Waals surface area contributed by atoms with Crippen LogP contribution in [-0.2, 0) is 9.53 Å². The summed E-state index contributed by atoms with van der Waals surface area (Å²) in [4.78, 5) is 22.7. The fourth-order valence-corrected chi connectivity index (χ4v) is 5.15. The SMILES string of the molecule is COC(=O)C1=NN(c2ccccc2[N+](=O)[O-])[C@]2(C=CC(c3ccc(Cl)cc3)=NN2c2ccccc2)S1. The maximum absolute atomic E-state index is 12.6. The molecule has 2 heterocycles. The lowest BCUT2D eigenvalue weighted by molar-refractivity contribution is -0.384. The average Bonchev–Trinajstić information content (AvgIpc) is 3.29. The van der Waals surface area contributed by atoms with Gasteiger partial charge in [-0.05, 0) is 54.2 Å². The Balaban J connectivity index is 1.71. The van der Waals surface area contributed by atoms with Crippen molar-refractivity contribution in [2.75, 3.05) is 17.1 Å². The number of nitro benzene ring substituents is 1. The quantitative estimate of drug-likeness (QED) is 0.252. The number of thioether (sulfide) groups is 1. The molecule has 0 N–H and O–H groups in total. The van der Waals surface area contributed by atoms with E-state index in [1.165, 1.54) is 18.2 Å². The van der Waals surface area contributed by atoms with Crippen molar-refractivity contribution in [2.45, 2.75) is 4.99 Å². The van der Waals surface area contributed by atoms with Crippen molar-refractivity contribution in [3.05, 3.63) is 112 Å². The normalized spacial score (nSPS) is 18.7. The van der Waals surface area contributed by atoms with Crippen LogP contribution in [0, 0.1) is 10.1 Å². The highest BCUT2D eigenvalue weighted by Gasteiger charge is 2.53. The van der Waals surface area contributed by atoms with E-state index < -0.39 is 15.9 Å². The van der Waals surface area contributed by atoms with E-state index in [1.807, 2.05) is 48.5 Å². The molecule has 3 aromatic rings. The minimum absolute atomic E-state index is 0.0337. The molecule has 0 aliphatic carbocycles. The van der Waals surface area contributed by atoms with Crippen molar-refractivity contribution in [2.24, 2.45) is 10.2 Å². The molecule has 5 rings (SSSR count). The van der Waals surface area contributed by atoms with Crippen molar-refractivity contribution >= 4 is 57.1 Å². The number of ether oxygens (including phenoxy) is 1. The molecule has 2 aliphatic rings. The van der Waals surface area contributed by atoms with Crippen LogP contribution in [0.1, 0.15) is 5.56 Å². The number of hydrogen-bond donors (Lipinski definition) is 0. The Labute approximate surface area is 215 Å². The molecule has 0 aromatic heterocycles. The van der Waals surface area contributed by atoms with Gasteiger partial charge in [0.1, 0.15) is 5.69 Å². The van der Waals surface area contributed by atoms with Gasteiger partial charge in [0.25, 0.3) is 5.69 Å². The minimum Gasteiger partial charge on any atom is -0.464 e. The summed E-state index contributed by atoms with van der Waals surface area (Å²) in [6.07, 6.45) is 3.62. The summed E-state index contributed by atoms with van der Waals surface area (Å²) in [6.45, 7) is 0. The molecule has 0 bridgehead atoms. The summed E-state index contributed by atoms with van der Waals surface area (Å²) in [5, 5.41) is 25.1. The lowest BCUT2D eigenvalue weighted by atomic mass is 10.1. The molecular weight excluding hydrogens is 502 g/mol. The molecule has 11 heteroatoms. The highest BCUT2D eigenvalue weighted by Crippen LogP contribution is 2.49. The third-order valence-electron chi connectivity index (χ3n) is 5.52. The van der Waals surface area contributed by atoms with Gasteiger partial charge in [0.05, 0.1) is 23.4 Å². The smallest absolute Gasteiger partial charge is 0.365 e. The minimum atomic E-state index is -1.27. The molecule has 0 saturated heterocycles. The summed E-state index contributed by atoms with van der Waals surface area (Å²) in [6, 6.07) is 22.8. The van der Waals surface area contributed by atoms with E-state index in [0.29, 0.717) is 16.4 Å². The van der Waals surface area contributed by atoms with Crippen LogP contribution in [0.5, 0.6) is 0 Å². The maximum Gasteiger partial charge on any atom is 0.365 e. The van der Waals surface area contributed by atoms with E-state index in [2.05, 4.69) is 5.10 Å². The highest BCUT2D eigenvalue weighted by atomic mass is 35.5. The van der Waals surface area contributed by atoms with Crippen LogP contribution in [0.15, 0.2) is 101 Å². The van der Waals surface area contributed by atoms with Gasteiger partial charge in [-0.15, -0.1) is 0 Å². The van der Waals surface area contributed by atoms with Crippen LogP contribution >= 0.6 is 23.4 Å². The first-order valence-electron chi connectivity index (χ1n) is 10.7. The van der Waals surface area contributed by atoms with Gasteiger partial charge in [0.15, 0.2) is 0 Å². The number of methoxy groups -OCH3 is 1. The molecular formula is C25H18ClN5O4S. The number of allylic oxidation sites excluding steroid dienone is 1. The zero-order valence-corrected chi connectivity index (χ0v) is 20.4. The molecule has 180 valence electrons. The van der Waals surface area contributed by atoms with Gasteiger partial charge in [-0.3, -0.25) is 10.1 Å². The first-order valence-corrected chi connectivity index (χ1v) is 11.9. The number of carbonyl (C=O) groups is 1. The van der Waals surface area contributed by atoms with Crippen molar-refractivity contribution < 1.29 is 14.5 Å². The molecule has 0 amide bonds. The van der Waals surface area contributed by atoms with Gasteiger partial charge in [-0.2, -0.15) is 10.2 Å². The first-order chi connectivity index (χ1) is 17.4. The number of nitrogens with zero attached hydrogens (tertiary/aromatic N) is 5. The Hall–Kier alpha value is -4.15. The second-order valence-corrected chi connectivity index (χ2v) is 9.32. The number of para-hydroxylation sites is 3. The zero-order chi connectivity index (χ0) is 25.3. The van der Waals surface area contributed by atoms with Crippen LogP contribution in [0.25, 0.3) is 0 Å². The number of hydrogen-bond acceptors (Lipinski definition) is 9. The molecule has 9 nitrogen and oxygen atoms in total. The fourth-order valence-electron chi connectivity index (χ4n) is 3.86. The molecule has 36 heavy (non-hydrogen) atoms. The summed E-state index contributed by atoms with van der Waals surface area (Å²) < 4.78 is 4.93. The third-order valence-corrected chi connectivity index (χ3v) is 6.99. The van der Waals surface area contributed by atoms with Crippen molar-refractivity contribution in [3.8, 4) is 0 Å². The number of carbonyl (C=O) groups excluding carboxylic acids is 1. The van der Waals surface area contributed by atoms with E-state index in [0.717, 1.165) is 17.3 Å². The van der Waals surface area contributed by atoms with Gasteiger partial charge >= 0.3 is 5.97 Å². The van der Waals surface area contributed by atoms with E-state index in [1.54, 1.807) is 41.4 Å². The summed E-state index contributed by atoms with van der Waals surface area (Å²) in [5.41, 5.74) is 2.17. The maximum atomic E-state index is 12.6. The monoisotopic (exact) mass is 519 g/mol. The van der Waals surface area contributed by atoms with Gasteiger partial charge in [0, 0.05) is 16.7 Å². The molecule has 0 radical (unpaired) electrons. The molecule has 1 atom stereocenters. The first kappa shape index (κ1) is 23.6. The van der Waals surface area contributed by atoms with Gasteiger partial charge in [-0.25, -0.2) is 14.8 Å². The Morgan fingerprint density at radius 1 is 1.00 bits per heavy atom. The topological polar surface area (TPSA) is 101 Å². The van der Waals surface area contributed by atoms with Crippen molar-refractivity contribution in [1.82, 2.24) is 0 Å². The number of benzene rings is 3. The number of esters is 1. The van der Waals surface area contributed by atoms with Gasteiger partial charge in [0.2, 0.25) is 10.0 Å². The van der Waals surface area contributed by atoms with Crippen LogP contribution in [0.3, 0.4) is 0 Å². The van der Waals surface area contributed by atoms with Crippen LogP contribution in [-0.4, -0.2) is 33.8 Å². The van der Waals surface area contributed by atoms with Gasteiger partial charge in [-0.1, -0.05) is 54.1 Å². The molecule has 3 aromatic carbocycles. The molecule has 2 aliphatic heterocycles. The second-order valence-electron chi connectivity index (χ2n) is 7.69. The Kier molecular flexibility index (Phi) is 6.21. The third kappa shape index (κ3) is 4.10. The summed E-state index contributed by atoms with van der Waals surface area (Å²) in [7, 11) is 1.26. The van der Waals surface area contributed by atoms with E-state index in [-0.39, 0.29) is 16.4 Å². The number of hydrazone groups is 2. The second kappa shape index (κ2) is 9.48. The Morgan fingerprint density at radius 2 is 1.69 bits per heavy atom. The van der Waals surface area contributed by atoms with E-state index in [9.17, 15) is 14.9 Å². The van der Waals surface area contributed by atoms with Crippen LogP contribution < -0.4 is 10.0 Å². The lowest BCUT2D eigenvalue weighted by Gasteiger charge is -2.43. The molecule has 0 fully saturated rings. The van der Waals surface area contributed by atoms with Crippen molar-refractivity contribution in [3.63, 3.8) is 0 Å². The summed E-state index contributed by atoms with van der Waals surface area (Å²) in [5.74, 6) is -0.658. The molecule has 1 spiro atoms. The predicted octanol–water partition coefficient (Wildman–Crippen LogP) is 5.42. The van der Waals surface area contributed by atoms with Gasteiger partial charge < -0.3 is 4.74 Å². The number of rotatable bonds is 5. The summed E-state index contributed by atoms with van der Waals surface area (Å²) >= 11 is 7.15.